The van der Waals surface area contributed by atoms with Gasteiger partial charge in [-0.3, -0.25) is 9.10 Å². The van der Waals surface area contributed by atoms with Crippen molar-refractivity contribution in [2.24, 2.45) is 5.10 Å². The molecule has 0 spiro atoms. The molecule has 0 aliphatic carbocycles. The van der Waals surface area contributed by atoms with Gasteiger partial charge in [0.15, 0.2) is 6.61 Å². The maximum atomic E-state index is 12.4. The maximum absolute atomic E-state index is 12.4. The fourth-order valence-corrected chi connectivity index (χ4v) is 3.81. The third kappa shape index (κ3) is 6.92. The molecule has 0 aliphatic heterocycles. The average Bonchev–Trinajstić information content (AvgIpc) is 2.82. The summed E-state index contributed by atoms with van der Waals surface area (Å²) in [5, 5.41) is 12.5. The Morgan fingerprint density at radius 3 is 2.33 bits per heavy atom. The third-order valence-corrected chi connectivity index (χ3v) is 5.69. The first-order valence-corrected chi connectivity index (χ1v) is 11.8. The number of rotatable bonds is 9. The minimum atomic E-state index is -3.52. The van der Waals surface area contributed by atoms with E-state index in [1.165, 1.54) is 10.5 Å². The number of nitrogens with zero attached hydrogens (tertiary/aromatic N) is 3. The van der Waals surface area contributed by atoms with Crippen LogP contribution < -0.4 is 14.5 Å². The molecule has 0 atom stereocenters. The van der Waals surface area contributed by atoms with Crippen LogP contribution in [0.2, 0.25) is 0 Å². The molecule has 33 heavy (non-hydrogen) atoms. The molecule has 3 rings (SSSR count). The number of hydrogen-bond acceptors (Lipinski definition) is 6. The van der Waals surface area contributed by atoms with Crippen LogP contribution in [-0.4, -0.2) is 33.4 Å². The molecule has 0 aromatic heterocycles. The Labute approximate surface area is 192 Å². The Kier molecular flexibility index (Phi) is 7.78. The van der Waals surface area contributed by atoms with Gasteiger partial charge in [0.05, 0.1) is 24.7 Å². The highest BCUT2D eigenvalue weighted by atomic mass is 32.2. The van der Waals surface area contributed by atoms with Gasteiger partial charge in [0.25, 0.3) is 5.91 Å². The standard InChI is InChI=1S/C24H22N4O4S/c1-33(30,31)28(18-20-5-3-2-4-6-20)22-11-9-21(10-12-22)24(29)27-26-17-19-7-13-23(14-8-19)32-16-15-25/h2-14,17H,16,18H2,1H3,(H,27,29)/b26-17-. The molecule has 3 aromatic carbocycles. The van der Waals surface area contributed by atoms with Crippen molar-refractivity contribution in [2.45, 2.75) is 6.54 Å². The van der Waals surface area contributed by atoms with E-state index in [4.69, 9.17) is 10.00 Å². The van der Waals surface area contributed by atoms with E-state index in [0.29, 0.717) is 17.0 Å². The highest BCUT2D eigenvalue weighted by Crippen LogP contribution is 2.21. The second-order valence-electron chi connectivity index (χ2n) is 7.02. The molecule has 168 valence electrons. The van der Waals surface area contributed by atoms with Gasteiger partial charge in [-0.2, -0.15) is 10.4 Å². The topological polar surface area (TPSA) is 112 Å². The molecule has 0 saturated heterocycles. The van der Waals surface area contributed by atoms with Gasteiger partial charge in [0, 0.05) is 5.56 Å². The monoisotopic (exact) mass is 462 g/mol. The number of ether oxygens (including phenoxy) is 1. The summed E-state index contributed by atoms with van der Waals surface area (Å²) in [4.78, 5) is 12.4. The first kappa shape index (κ1) is 23.5. The summed E-state index contributed by atoms with van der Waals surface area (Å²) in [6.07, 6.45) is 2.62. The minimum absolute atomic E-state index is 0.0313. The number of sulfonamides is 1. The lowest BCUT2D eigenvalue weighted by atomic mass is 10.2. The van der Waals surface area contributed by atoms with Crippen LogP contribution in [0, 0.1) is 11.3 Å². The number of nitriles is 1. The predicted octanol–water partition coefficient (Wildman–Crippen LogP) is 3.32. The van der Waals surface area contributed by atoms with Crippen LogP contribution in [0.5, 0.6) is 5.75 Å². The SMILES string of the molecule is CS(=O)(=O)N(Cc1ccccc1)c1ccc(C(=O)N/N=C\c2ccc(OCC#N)cc2)cc1. The van der Waals surface area contributed by atoms with Gasteiger partial charge in [-0.1, -0.05) is 30.3 Å². The van der Waals surface area contributed by atoms with Crippen molar-refractivity contribution in [3.8, 4) is 11.8 Å². The quantitative estimate of drug-likeness (QED) is 0.387. The Hall–Kier alpha value is -4.16. The Morgan fingerprint density at radius 2 is 1.73 bits per heavy atom. The van der Waals surface area contributed by atoms with Crippen LogP contribution in [0.1, 0.15) is 21.5 Å². The van der Waals surface area contributed by atoms with Gasteiger partial charge in [-0.25, -0.2) is 13.8 Å². The van der Waals surface area contributed by atoms with Crippen molar-refractivity contribution in [1.29, 1.82) is 5.26 Å². The smallest absolute Gasteiger partial charge is 0.271 e. The zero-order chi connectivity index (χ0) is 23.7. The Balaban J connectivity index is 1.64. The van der Waals surface area contributed by atoms with Crippen molar-refractivity contribution in [3.63, 3.8) is 0 Å². The lowest BCUT2D eigenvalue weighted by Gasteiger charge is -2.22. The van der Waals surface area contributed by atoms with Gasteiger partial charge >= 0.3 is 0 Å². The summed E-state index contributed by atoms with van der Waals surface area (Å²) in [6.45, 7) is 0.159. The van der Waals surface area contributed by atoms with Crippen LogP contribution in [0.15, 0.2) is 84.0 Å². The van der Waals surface area contributed by atoms with E-state index in [1.54, 1.807) is 48.5 Å². The number of amides is 1. The lowest BCUT2D eigenvalue weighted by Crippen LogP contribution is -2.29. The molecule has 0 fully saturated rings. The number of benzene rings is 3. The molecule has 0 bridgehead atoms. The number of carbonyl (C=O) groups excluding carboxylic acids is 1. The summed E-state index contributed by atoms with van der Waals surface area (Å²) < 4.78 is 31.1. The Morgan fingerprint density at radius 1 is 1.06 bits per heavy atom. The number of nitrogens with one attached hydrogen (secondary N) is 1. The first-order chi connectivity index (χ1) is 15.9. The van der Waals surface area contributed by atoms with E-state index in [1.807, 2.05) is 36.4 Å². The van der Waals surface area contributed by atoms with Crippen LogP contribution in [-0.2, 0) is 16.6 Å². The molecule has 1 N–H and O–H groups in total. The normalized spacial score (nSPS) is 11.0. The van der Waals surface area contributed by atoms with Crippen molar-refractivity contribution < 1.29 is 17.9 Å². The van der Waals surface area contributed by atoms with Crippen molar-refractivity contribution in [3.05, 3.63) is 95.6 Å². The zero-order valence-corrected chi connectivity index (χ0v) is 18.7. The second kappa shape index (κ2) is 10.9. The minimum Gasteiger partial charge on any atom is -0.479 e. The molecule has 0 radical (unpaired) electrons. The van der Waals surface area contributed by atoms with Crippen molar-refractivity contribution in [1.82, 2.24) is 5.43 Å². The van der Waals surface area contributed by atoms with E-state index in [2.05, 4.69) is 10.5 Å². The first-order valence-electron chi connectivity index (χ1n) is 9.92. The van der Waals surface area contributed by atoms with E-state index in [9.17, 15) is 13.2 Å². The largest absolute Gasteiger partial charge is 0.479 e. The lowest BCUT2D eigenvalue weighted by molar-refractivity contribution is 0.0955. The molecule has 0 heterocycles. The van der Waals surface area contributed by atoms with E-state index in [0.717, 1.165) is 17.4 Å². The summed E-state index contributed by atoms with van der Waals surface area (Å²) in [7, 11) is -3.52. The molecule has 1 amide bonds. The Bertz CT molecular complexity index is 1250. The van der Waals surface area contributed by atoms with Gasteiger partial charge in [0.2, 0.25) is 10.0 Å². The maximum Gasteiger partial charge on any atom is 0.271 e. The summed E-state index contributed by atoms with van der Waals surface area (Å²) in [5.74, 6) is 0.133. The summed E-state index contributed by atoms with van der Waals surface area (Å²) in [6, 6.07) is 24.3. The van der Waals surface area contributed by atoms with Crippen molar-refractivity contribution >= 4 is 27.8 Å². The highest BCUT2D eigenvalue weighted by molar-refractivity contribution is 7.92. The van der Waals surface area contributed by atoms with Gasteiger partial charge in [-0.15, -0.1) is 0 Å². The predicted molar refractivity (Wildman–Crippen MR) is 127 cm³/mol. The van der Waals surface area contributed by atoms with E-state index >= 15 is 0 Å². The van der Waals surface area contributed by atoms with Gasteiger partial charge in [0.1, 0.15) is 11.8 Å². The molecule has 3 aromatic rings. The number of anilines is 1. The number of hydrogen-bond donors (Lipinski definition) is 1. The molecule has 0 unspecified atom stereocenters. The summed E-state index contributed by atoms with van der Waals surface area (Å²) in [5.41, 5.74) is 4.82. The fourth-order valence-electron chi connectivity index (χ4n) is 2.92. The van der Waals surface area contributed by atoms with E-state index in [-0.39, 0.29) is 13.2 Å². The molecule has 0 aliphatic rings. The van der Waals surface area contributed by atoms with Crippen LogP contribution in [0.4, 0.5) is 5.69 Å². The van der Waals surface area contributed by atoms with Crippen molar-refractivity contribution in [2.75, 3.05) is 17.2 Å². The highest BCUT2D eigenvalue weighted by Gasteiger charge is 2.18. The summed E-state index contributed by atoms with van der Waals surface area (Å²) >= 11 is 0. The third-order valence-electron chi connectivity index (χ3n) is 4.55. The molecule has 8 nitrogen and oxygen atoms in total. The van der Waals surface area contributed by atoms with Crippen LogP contribution in [0.25, 0.3) is 0 Å². The zero-order valence-electron chi connectivity index (χ0n) is 17.9. The van der Waals surface area contributed by atoms with E-state index < -0.39 is 15.9 Å². The molecular formula is C24H22N4O4S. The molecular weight excluding hydrogens is 440 g/mol. The second-order valence-corrected chi connectivity index (χ2v) is 8.92. The number of carbonyl (C=O) groups is 1. The van der Waals surface area contributed by atoms with Crippen LogP contribution in [0.3, 0.4) is 0 Å². The van der Waals surface area contributed by atoms with Crippen LogP contribution >= 0.6 is 0 Å². The number of hydrazone groups is 1. The van der Waals surface area contributed by atoms with Gasteiger partial charge < -0.3 is 4.74 Å². The molecule has 0 saturated carbocycles. The fraction of sp³-hybridized carbons (Fsp3) is 0.125. The molecule has 9 heteroatoms. The average molecular weight is 463 g/mol. The van der Waals surface area contributed by atoms with Gasteiger partial charge in [-0.05, 0) is 59.7 Å².